The number of aliphatic carboxylic acids is 3. The Kier molecular flexibility index (Phi) is 9.56. The van der Waals surface area contributed by atoms with E-state index in [0.717, 1.165) is 0 Å². The molecule has 0 spiro atoms. The predicted molar refractivity (Wildman–Crippen MR) is 60.6 cm³/mol. The minimum absolute atomic E-state index is 0.0183. The van der Waals surface area contributed by atoms with Crippen LogP contribution in [0.1, 0.15) is 20.3 Å². The van der Waals surface area contributed by atoms with E-state index in [0.29, 0.717) is 0 Å². The molecule has 112 valence electrons. The summed E-state index contributed by atoms with van der Waals surface area (Å²) < 4.78 is 4.83. The highest BCUT2D eigenvalue weighted by Crippen LogP contribution is 2.21. The topological polar surface area (TPSA) is 162 Å². The smallest absolute Gasteiger partial charge is 0.339 e. The van der Waals surface area contributed by atoms with Crippen molar-refractivity contribution in [2.24, 2.45) is 0 Å². The van der Waals surface area contributed by atoms with Crippen LogP contribution >= 0.6 is 0 Å². The molecule has 0 aliphatic carbocycles. The van der Waals surface area contributed by atoms with Gasteiger partial charge >= 0.3 is 17.9 Å². The fraction of sp³-hybridized carbons (Fsp3) is 0.700. The van der Waals surface area contributed by atoms with Crippen LogP contribution in [0.2, 0.25) is 0 Å². The van der Waals surface area contributed by atoms with E-state index in [-0.39, 0.29) is 13.0 Å². The van der Waals surface area contributed by atoms with Crippen molar-refractivity contribution in [2.75, 3.05) is 13.2 Å². The standard InChI is InChI=1S/C8H14O6.C2H4O3/c1-3-8(7(12)13,14-4-2)5(9)6(10)11;3-1-2(4)5/h5,9H,3-4H2,1-2H3,(H,10,11)(H,12,13);3H,1H2,(H,4,5)/t5?,8-;/m0./s1. The van der Waals surface area contributed by atoms with Gasteiger partial charge in [0.15, 0.2) is 6.10 Å². The molecule has 0 aromatic rings. The summed E-state index contributed by atoms with van der Waals surface area (Å²) in [6, 6.07) is 0. The van der Waals surface area contributed by atoms with E-state index < -0.39 is 36.2 Å². The second-order valence-electron chi connectivity index (χ2n) is 3.27. The van der Waals surface area contributed by atoms with E-state index in [2.05, 4.69) is 0 Å². The third-order valence-electron chi connectivity index (χ3n) is 2.10. The average molecular weight is 282 g/mol. The molecule has 0 saturated heterocycles. The molecule has 0 aliphatic rings. The van der Waals surface area contributed by atoms with Crippen molar-refractivity contribution in [1.29, 1.82) is 0 Å². The van der Waals surface area contributed by atoms with Crippen LogP contribution in [0.4, 0.5) is 0 Å². The van der Waals surface area contributed by atoms with Gasteiger partial charge in [-0.25, -0.2) is 14.4 Å². The van der Waals surface area contributed by atoms with Crippen molar-refractivity contribution in [3.8, 4) is 0 Å². The number of hydrogen-bond donors (Lipinski definition) is 5. The van der Waals surface area contributed by atoms with E-state index in [1.54, 1.807) is 0 Å². The lowest BCUT2D eigenvalue weighted by molar-refractivity contribution is -0.193. The van der Waals surface area contributed by atoms with Gasteiger partial charge in [0.1, 0.15) is 6.61 Å². The molecule has 0 rings (SSSR count). The van der Waals surface area contributed by atoms with Gasteiger partial charge < -0.3 is 30.3 Å². The van der Waals surface area contributed by atoms with Gasteiger partial charge in [-0.15, -0.1) is 0 Å². The Balaban J connectivity index is 0. The second-order valence-corrected chi connectivity index (χ2v) is 3.27. The van der Waals surface area contributed by atoms with Gasteiger partial charge in [-0.05, 0) is 13.3 Å². The maximum absolute atomic E-state index is 10.8. The molecular formula is C10H18O9. The maximum Gasteiger partial charge on any atom is 0.339 e. The summed E-state index contributed by atoms with van der Waals surface area (Å²) in [5.74, 6) is -4.27. The molecule has 0 bridgehead atoms. The number of rotatable bonds is 7. The number of aliphatic hydroxyl groups excluding tert-OH is 2. The first-order chi connectivity index (χ1) is 8.69. The van der Waals surface area contributed by atoms with Gasteiger partial charge in [0.25, 0.3) is 0 Å². The molecule has 0 heterocycles. The lowest BCUT2D eigenvalue weighted by Crippen LogP contribution is -2.54. The molecule has 5 N–H and O–H groups in total. The summed E-state index contributed by atoms with van der Waals surface area (Å²) in [5.41, 5.74) is -2.05. The molecule has 0 aromatic carbocycles. The van der Waals surface area contributed by atoms with E-state index in [9.17, 15) is 14.7 Å². The van der Waals surface area contributed by atoms with Crippen molar-refractivity contribution in [1.82, 2.24) is 0 Å². The van der Waals surface area contributed by atoms with Gasteiger partial charge in [-0.3, -0.25) is 0 Å². The van der Waals surface area contributed by atoms with Crippen LogP contribution in [0, 0.1) is 0 Å². The minimum atomic E-state index is -2.06. The second kappa shape index (κ2) is 9.25. The Bertz CT molecular complexity index is 314. The summed E-state index contributed by atoms with van der Waals surface area (Å²) >= 11 is 0. The molecule has 1 unspecified atom stereocenters. The molecule has 19 heavy (non-hydrogen) atoms. The summed E-state index contributed by atoms with van der Waals surface area (Å²) in [4.78, 5) is 30.4. The third kappa shape index (κ3) is 6.13. The maximum atomic E-state index is 10.8. The Labute approximate surface area is 109 Å². The lowest BCUT2D eigenvalue weighted by atomic mass is 9.93. The zero-order valence-corrected chi connectivity index (χ0v) is 10.6. The molecule has 0 aromatic heterocycles. The van der Waals surface area contributed by atoms with Crippen molar-refractivity contribution in [2.45, 2.75) is 32.0 Å². The van der Waals surface area contributed by atoms with Crippen molar-refractivity contribution in [3.05, 3.63) is 0 Å². The van der Waals surface area contributed by atoms with E-state index in [1.165, 1.54) is 13.8 Å². The minimum Gasteiger partial charge on any atom is -0.480 e. The summed E-state index contributed by atoms with van der Waals surface area (Å²) in [6.07, 6.45) is -2.19. The van der Waals surface area contributed by atoms with Crippen LogP contribution in [0.3, 0.4) is 0 Å². The van der Waals surface area contributed by atoms with Crippen LogP contribution in [-0.4, -0.2) is 68.4 Å². The molecule has 9 heteroatoms. The first-order valence-corrected chi connectivity index (χ1v) is 5.30. The Morgan fingerprint density at radius 1 is 1.16 bits per heavy atom. The number of carboxylic acid groups (broad SMARTS) is 3. The van der Waals surface area contributed by atoms with Crippen LogP contribution < -0.4 is 0 Å². The van der Waals surface area contributed by atoms with Gasteiger partial charge in [-0.1, -0.05) is 6.92 Å². The summed E-state index contributed by atoms with van der Waals surface area (Å²) in [5, 5.41) is 41.6. The quantitative estimate of drug-likeness (QED) is 0.384. The first kappa shape index (κ1) is 19.6. The summed E-state index contributed by atoms with van der Waals surface area (Å²) in [7, 11) is 0. The molecule has 0 radical (unpaired) electrons. The van der Waals surface area contributed by atoms with Crippen molar-refractivity contribution < 1.29 is 44.7 Å². The van der Waals surface area contributed by atoms with Crippen LogP contribution in [0.15, 0.2) is 0 Å². The normalized spacial score (nSPS) is 14.5. The van der Waals surface area contributed by atoms with Gasteiger partial charge in [-0.2, -0.15) is 0 Å². The highest BCUT2D eigenvalue weighted by Gasteiger charge is 2.48. The predicted octanol–water partition coefficient (Wildman–Crippen LogP) is -1.23. The molecular weight excluding hydrogens is 264 g/mol. The van der Waals surface area contributed by atoms with Crippen molar-refractivity contribution >= 4 is 17.9 Å². The van der Waals surface area contributed by atoms with E-state index in [1.807, 2.05) is 0 Å². The van der Waals surface area contributed by atoms with Crippen LogP contribution in [0.25, 0.3) is 0 Å². The van der Waals surface area contributed by atoms with Gasteiger partial charge in [0, 0.05) is 6.61 Å². The van der Waals surface area contributed by atoms with Crippen LogP contribution in [0.5, 0.6) is 0 Å². The Morgan fingerprint density at radius 3 is 1.74 bits per heavy atom. The summed E-state index contributed by atoms with van der Waals surface area (Å²) in [6.45, 7) is 2.21. The largest absolute Gasteiger partial charge is 0.480 e. The SMILES string of the molecule is CCO[C@](CC)(C(=O)O)C(O)C(=O)O.O=C(O)CO. The molecule has 0 fully saturated rings. The van der Waals surface area contributed by atoms with E-state index >= 15 is 0 Å². The highest BCUT2D eigenvalue weighted by atomic mass is 16.5. The fourth-order valence-electron chi connectivity index (χ4n) is 1.16. The monoisotopic (exact) mass is 282 g/mol. The van der Waals surface area contributed by atoms with E-state index in [4.69, 9.17) is 30.0 Å². The van der Waals surface area contributed by atoms with Gasteiger partial charge in [0.2, 0.25) is 5.60 Å². The number of ether oxygens (including phenoxy) is 1. The fourth-order valence-corrected chi connectivity index (χ4v) is 1.16. The van der Waals surface area contributed by atoms with Gasteiger partial charge in [0.05, 0.1) is 0 Å². The number of carboxylic acids is 3. The zero-order valence-electron chi connectivity index (χ0n) is 10.6. The third-order valence-corrected chi connectivity index (χ3v) is 2.10. The molecule has 2 atom stereocenters. The molecule has 0 saturated carbocycles. The molecule has 0 amide bonds. The molecule has 0 aliphatic heterocycles. The zero-order chi connectivity index (χ0) is 15.6. The number of carbonyl (C=O) groups is 3. The average Bonchev–Trinajstić information content (AvgIpc) is 2.35. The first-order valence-electron chi connectivity index (χ1n) is 5.30. The number of hydrogen-bond acceptors (Lipinski definition) is 6. The highest BCUT2D eigenvalue weighted by molar-refractivity contribution is 5.87. The molecule has 9 nitrogen and oxygen atoms in total. The Hall–Kier alpha value is -1.71. The Morgan fingerprint density at radius 2 is 1.58 bits per heavy atom. The van der Waals surface area contributed by atoms with Crippen molar-refractivity contribution in [3.63, 3.8) is 0 Å². The van der Waals surface area contributed by atoms with Crippen LogP contribution in [-0.2, 0) is 19.1 Å². The number of aliphatic hydroxyl groups is 2. The lowest BCUT2D eigenvalue weighted by Gasteiger charge is -2.30.